The first kappa shape index (κ1) is 22.2. The van der Waals surface area contributed by atoms with Gasteiger partial charge in [0.1, 0.15) is 0 Å². The predicted molar refractivity (Wildman–Crippen MR) is 107 cm³/mol. The Hall–Kier alpha value is -0.840. The number of rotatable bonds is 7. The summed E-state index contributed by atoms with van der Waals surface area (Å²) in [5, 5.41) is 0.145. The van der Waals surface area contributed by atoms with Crippen molar-refractivity contribution in [3.8, 4) is 0 Å². The van der Waals surface area contributed by atoms with Gasteiger partial charge in [-0.3, -0.25) is 4.79 Å². The number of hydrogen-bond acceptors (Lipinski definition) is 4. The van der Waals surface area contributed by atoms with Gasteiger partial charge in [-0.1, -0.05) is 77.1 Å². The second kappa shape index (κ2) is 11.7. The molecule has 1 aromatic rings. The van der Waals surface area contributed by atoms with E-state index in [9.17, 15) is 4.79 Å². The zero-order chi connectivity index (χ0) is 18.7. The first-order valence-electron chi connectivity index (χ1n) is 9.64. The predicted octanol–water partition coefficient (Wildman–Crippen LogP) is 6.24. The van der Waals surface area contributed by atoms with Crippen LogP contribution < -0.4 is 0 Å². The molecule has 1 aliphatic heterocycles. The Morgan fingerprint density at radius 1 is 1.08 bits per heavy atom. The molecule has 0 unspecified atom stereocenters. The molecular weight excluding hydrogens is 332 g/mol. The summed E-state index contributed by atoms with van der Waals surface area (Å²) in [5.74, 6) is 0.891. The summed E-state index contributed by atoms with van der Waals surface area (Å²) in [5.41, 5.74) is 1.89. The Labute approximate surface area is 157 Å². The van der Waals surface area contributed by atoms with Crippen molar-refractivity contribution in [2.75, 3.05) is 19.0 Å². The van der Waals surface area contributed by atoms with Crippen LogP contribution in [-0.4, -0.2) is 24.1 Å². The van der Waals surface area contributed by atoms with E-state index in [0.29, 0.717) is 0 Å². The number of unbranched alkanes of at least 4 members (excludes halogenated alkanes) is 1. The van der Waals surface area contributed by atoms with E-state index >= 15 is 0 Å². The second-order valence-electron chi connectivity index (χ2n) is 6.27. The molecule has 1 heterocycles. The summed E-state index contributed by atoms with van der Waals surface area (Å²) in [4.78, 5) is 12.1. The quantitative estimate of drug-likeness (QED) is 0.535. The maximum Gasteiger partial charge on any atom is 0.219 e. The third-order valence-corrected chi connectivity index (χ3v) is 5.72. The molecule has 0 aromatic heterocycles. The van der Waals surface area contributed by atoms with Crippen LogP contribution >= 0.6 is 11.8 Å². The molecule has 0 radical (unpaired) electrons. The van der Waals surface area contributed by atoms with Gasteiger partial charge in [-0.2, -0.15) is 0 Å². The molecule has 25 heavy (non-hydrogen) atoms. The molecule has 0 spiro atoms. The Bertz CT molecular complexity index is 484. The average molecular weight is 367 g/mol. The van der Waals surface area contributed by atoms with Crippen LogP contribution in [0.3, 0.4) is 0 Å². The molecule has 0 saturated carbocycles. The smallest absolute Gasteiger partial charge is 0.219 e. The van der Waals surface area contributed by atoms with Gasteiger partial charge in [-0.05, 0) is 19.3 Å². The standard InChI is InChI=1S/C19H28O3S.C2H6/c1-4-7-12-23-17(20)15-8-10-16(11-9-15)18-21-13-19(5-2,6-3)14-22-18;1-2/h8-11,18H,4-7,12-14H2,1-3H3;1-2H3. The Morgan fingerprint density at radius 3 is 2.12 bits per heavy atom. The SMILES string of the molecule is CC.CCCCSC(=O)c1ccc(C2OCC(CC)(CC)CO2)cc1. The van der Waals surface area contributed by atoms with Gasteiger partial charge in [0.25, 0.3) is 0 Å². The van der Waals surface area contributed by atoms with E-state index in [4.69, 9.17) is 9.47 Å². The lowest BCUT2D eigenvalue weighted by atomic mass is 9.83. The van der Waals surface area contributed by atoms with Crippen LogP contribution in [0, 0.1) is 5.41 Å². The number of carbonyl (C=O) groups is 1. The molecule has 1 aromatic carbocycles. The van der Waals surface area contributed by atoms with Crippen molar-refractivity contribution in [2.45, 2.75) is 66.6 Å². The van der Waals surface area contributed by atoms with Crippen molar-refractivity contribution >= 4 is 16.9 Å². The summed E-state index contributed by atoms with van der Waals surface area (Å²) in [7, 11) is 0. The van der Waals surface area contributed by atoms with Gasteiger partial charge in [0.2, 0.25) is 5.12 Å². The minimum absolute atomic E-state index is 0.145. The van der Waals surface area contributed by atoms with Crippen molar-refractivity contribution in [1.82, 2.24) is 0 Å². The zero-order valence-electron chi connectivity index (χ0n) is 16.5. The molecule has 1 aliphatic rings. The van der Waals surface area contributed by atoms with Crippen molar-refractivity contribution in [1.29, 1.82) is 0 Å². The molecule has 4 heteroatoms. The fourth-order valence-electron chi connectivity index (χ4n) is 2.61. The highest BCUT2D eigenvalue weighted by Crippen LogP contribution is 2.36. The van der Waals surface area contributed by atoms with Crippen molar-refractivity contribution in [3.05, 3.63) is 35.4 Å². The van der Waals surface area contributed by atoms with Crippen molar-refractivity contribution in [3.63, 3.8) is 0 Å². The molecule has 1 fully saturated rings. The monoisotopic (exact) mass is 366 g/mol. The van der Waals surface area contributed by atoms with Crippen LogP contribution in [0.2, 0.25) is 0 Å². The molecule has 142 valence electrons. The van der Waals surface area contributed by atoms with Crippen LogP contribution in [0.1, 0.15) is 82.5 Å². The minimum Gasteiger partial charge on any atom is -0.348 e. The molecule has 0 N–H and O–H groups in total. The molecule has 0 bridgehead atoms. The van der Waals surface area contributed by atoms with Gasteiger partial charge in [-0.25, -0.2) is 0 Å². The first-order chi connectivity index (χ1) is 12.1. The van der Waals surface area contributed by atoms with Gasteiger partial charge in [-0.15, -0.1) is 0 Å². The number of thioether (sulfide) groups is 1. The molecule has 0 atom stereocenters. The Kier molecular flexibility index (Phi) is 10.4. The molecule has 1 saturated heterocycles. The van der Waals surface area contributed by atoms with Gasteiger partial charge < -0.3 is 9.47 Å². The second-order valence-corrected chi connectivity index (χ2v) is 7.34. The van der Waals surface area contributed by atoms with Crippen LogP contribution in [0.4, 0.5) is 0 Å². The molecule has 0 amide bonds. The van der Waals surface area contributed by atoms with E-state index in [1.807, 2.05) is 38.1 Å². The Morgan fingerprint density at radius 2 is 1.64 bits per heavy atom. The molecule has 0 aliphatic carbocycles. The maximum absolute atomic E-state index is 12.1. The lowest BCUT2D eigenvalue weighted by molar-refractivity contribution is -0.235. The van der Waals surface area contributed by atoms with Crippen LogP contribution in [0.25, 0.3) is 0 Å². The van der Waals surface area contributed by atoms with Gasteiger partial charge >= 0.3 is 0 Å². The summed E-state index contributed by atoms with van der Waals surface area (Å²) < 4.78 is 11.9. The number of hydrogen-bond donors (Lipinski definition) is 0. The average Bonchev–Trinajstić information content (AvgIpc) is 2.70. The highest BCUT2D eigenvalue weighted by atomic mass is 32.2. The summed E-state index contributed by atoms with van der Waals surface area (Å²) in [6, 6.07) is 7.65. The third-order valence-electron chi connectivity index (χ3n) is 4.73. The van der Waals surface area contributed by atoms with Crippen LogP contribution in [0.15, 0.2) is 24.3 Å². The zero-order valence-corrected chi connectivity index (χ0v) is 17.3. The highest BCUT2D eigenvalue weighted by molar-refractivity contribution is 8.14. The number of carbonyl (C=O) groups excluding carboxylic acids is 1. The summed E-state index contributed by atoms with van der Waals surface area (Å²) in [6.07, 6.45) is 4.02. The summed E-state index contributed by atoms with van der Waals surface area (Å²) in [6.45, 7) is 12.0. The number of ether oxygens (including phenoxy) is 2. The largest absolute Gasteiger partial charge is 0.348 e. The third kappa shape index (κ3) is 6.43. The molecule has 2 rings (SSSR count). The fourth-order valence-corrected chi connectivity index (χ4v) is 3.54. The van der Waals surface area contributed by atoms with Crippen molar-refractivity contribution < 1.29 is 14.3 Å². The maximum atomic E-state index is 12.1. The van der Waals surface area contributed by atoms with Crippen molar-refractivity contribution in [2.24, 2.45) is 5.41 Å². The highest BCUT2D eigenvalue weighted by Gasteiger charge is 2.34. The van der Waals surface area contributed by atoms with E-state index in [1.165, 1.54) is 11.8 Å². The van der Waals surface area contributed by atoms with Crippen LogP contribution in [0.5, 0.6) is 0 Å². The topological polar surface area (TPSA) is 35.5 Å². The van der Waals surface area contributed by atoms with E-state index in [1.54, 1.807) is 0 Å². The lowest BCUT2D eigenvalue weighted by Crippen LogP contribution is -2.37. The molecular formula is C21H34O3S. The van der Waals surface area contributed by atoms with E-state index in [0.717, 1.165) is 55.8 Å². The van der Waals surface area contributed by atoms with Gasteiger partial charge in [0.15, 0.2) is 6.29 Å². The van der Waals surface area contributed by atoms with E-state index < -0.39 is 0 Å². The lowest BCUT2D eigenvalue weighted by Gasteiger charge is -2.39. The fraction of sp³-hybridized carbons (Fsp3) is 0.667. The van der Waals surface area contributed by atoms with E-state index in [-0.39, 0.29) is 16.8 Å². The van der Waals surface area contributed by atoms with Crippen LogP contribution in [-0.2, 0) is 9.47 Å². The minimum atomic E-state index is -0.307. The van der Waals surface area contributed by atoms with E-state index in [2.05, 4.69) is 20.8 Å². The molecule has 3 nitrogen and oxygen atoms in total. The normalized spacial score (nSPS) is 16.8. The Balaban J connectivity index is 0.00000151. The number of benzene rings is 1. The summed E-state index contributed by atoms with van der Waals surface area (Å²) >= 11 is 1.40. The first-order valence-corrected chi connectivity index (χ1v) is 10.6. The van der Waals surface area contributed by atoms with Gasteiger partial charge in [0.05, 0.1) is 13.2 Å². The van der Waals surface area contributed by atoms with Gasteiger partial charge in [0, 0.05) is 22.3 Å².